The molecular weight excluding hydrogens is 226 g/mol. The lowest BCUT2D eigenvalue weighted by Crippen LogP contribution is -2.13. The summed E-state index contributed by atoms with van der Waals surface area (Å²) in [5.74, 6) is 0. The molecule has 0 unspecified atom stereocenters. The summed E-state index contributed by atoms with van der Waals surface area (Å²) in [6.07, 6.45) is 0.757. The third-order valence-electron chi connectivity index (χ3n) is 3.01. The van der Waals surface area contributed by atoms with E-state index in [1.165, 1.54) is 0 Å². The van der Waals surface area contributed by atoms with Crippen LogP contribution >= 0.6 is 11.6 Å². The number of hydrogen-bond donors (Lipinski definition) is 0. The van der Waals surface area contributed by atoms with Crippen molar-refractivity contribution in [2.75, 3.05) is 18.5 Å². The number of likely N-dealkylation sites (N-methyl/N-ethyl adjacent to an activating group) is 1. The standard InChI is InChI=1S/C12H10ClNO2/c1-14-5-4-9-11(14)8-3-2-7(13)6-10(8)16-12(9)15/h2-3,6H,4-5H2,1H3. The topological polar surface area (TPSA) is 33.5 Å². The van der Waals surface area contributed by atoms with Gasteiger partial charge in [-0.25, -0.2) is 4.79 Å². The molecule has 0 atom stereocenters. The second-order valence-corrected chi connectivity index (χ2v) is 4.47. The summed E-state index contributed by atoms with van der Waals surface area (Å²) < 4.78 is 5.27. The van der Waals surface area contributed by atoms with Gasteiger partial charge in [0.1, 0.15) is 5.58 Å². The Morgan fingerprint density at radius 1 is 1.44 bits per heavy atom. The van der Waals surface area contributed by atoms with Crippen LogP contribution < -0.4 is 10.5 Å². The van der Waals surface area contributed by atoms with Crippen LogP contribution in [-0.2, 0) is 6.42 Å². The van der Waals surface area contributed by atoms with Crippen molar-refractivity contribution in [3.05, 3.63) is 39.2 Å². The van der Waals surface area contributed by atoms with Crippen LogP contribution in [0, 0.1) is 0 Å². The summed E-state index contributed by atoms with van der Waals surface area (Å²) in [7, 11) is 1.99. The van der Waals surface area contributed by atoms with Crippen molar-refractivity contribution in [1.29, 1.82) is 0 Å². The van der Waals surface area contributed by atoms with E-state index in [1.54, 1.807) is 6.07 Å². The number of rotatable bonds is 0. The van der Waals surface area contributed by atoms with E-state index >= 15 is 0 Å². The van der Waals surface area contributed by atoms with E-state index in [0.29, 0.717) is 10.6 Å². The molecule has 1 aromatic heterocycles. The molecule has 0 N–H and O–H groups in total. The first-order valence-electron chi connectivity index (χ1n) is 5.13. The van der Waals surface area contributed by atoms with Gasteiger partial charge < -0.3 is 9.32 Å². The van der Waals surface area contributed by atoms with Crippen LogP contribution in [0.1, 0.15) is 5.56 Å². The summed E-state index contributed by atoms with van der Waals surface area (Å²) in [5.41, 5.74) is 2.08. The molecule has 0 amide bonds. The Morgan fingerprint density at radius 2 is 2.25 bits per heavy atom. The summed E-state index contributed by atoms with van der Waals surface area (Å²) in [6, 6.07) is 5.41. The van der Waals surface area contributed by atoms with Crippen LogP contribution in [-0.4, -0.2) is 13.6 Å². The van der Waals surface area contributed by atoms with Gasteiger partial charge in [-0.3, -0.25) is 0 Å². The molecule has 0 fully saturated rings. The average molecular weight is 236 g/mol. The van der Waals surface area contributed by atoms with E-state index < -0.39 is 0 Å². The predicted molar refractivity (Wildman–Crippen MR) is 64.5 cm³/mol. The third-order valence-corrected chi connectivity index (χ3v) is 3.25. The van der Waals surface area contributed by atoms with Gasteiger partial charge in [0.15, 0.2) is 0 Å². The highest BCUT2D eigenvalue weighted by atomic mass is 35.5. The van der Waals surface area contributed by atoms with Crippen molar-refractivity contribution < 1.29 is 4.42 Å². The fourth-order valence-electron chi connectivity index (χ4n) is 2.24. The normalized spacial score (nSPS) is 14.5. The summed E-state index contributed by atoms with van der Waals surface area (Å²) in [6.45, 7) is 0.863. The number of hydrogen-bond acceptors (Lipinski definition) is 3. The lowest BCUT2D eigenvalue weighted by Gasteiger charge is -2.13. The summed E-state index contributed by atoms with van der Waals surface area (Å²) in [5, 5.41) is 1.54. The molecule has 1 aliphatic rings. The lowest BCUT2D eigenvalue weighted by molar-refractivity contribution is 0.554. The molecule has 0 aliphatic carbocycles. The van der Waals surface area contributed by atoms with Crippen molar-refractivity contribution in [3.63, 3.8) is 0 Å². The zero-order valence-electron chi connectivity index (χ0n) is 8.79. The Bertz CT molecular complexity index is 633. The van der Waals surface area contributed by atoms with Crippen molar-refractivity contribution in [2.45, 2.75) is 6.42 Å². The first-order valence-corrected chi connectivity index (χ1v) is 5.51. The van der Waals surface area contributed by atoms with E-state index in [2.05, 4.69) is 4.90 Å². The highest BCUT2D eigenvalue weighted by Gasteiger charge is 2.23. The minimum Gasteiger partial charge on any atom is -0.422 e. The van der Waals surface area contributed by atoms with Gasteiger partial charge in [-0.1, -0.05) is 11.6 Å². The van der Waals surface area contributed by atoms with E-state index in [0.717, 1.165) is 29.6 Å². The zero-order chi connectivity index (χ0) is 11.3. The monoisotopic (exact) mass is 235 g/mol. The van der Waals surface area contributed by atoms with Crippen LogP contribution in [0.5, 0.6) is 0 Å². The maximum Gasteiger partial charge on any atom is 0.341 e. The molecule has 3 nitrogen and oxygen atoms in total. The summed E-state index contributed by atoms with van der Waals surface area (Å²) in [4.78, 5) is 13.8. The van der Waals surface area contributed by atoms with Gasteiger partial charge in [0, 0.05) is 30.1 Å². The van der Waals surface area contributed by atoms with Gasteiger partial charge >= 0.3 is 5.63 Å². The fraction of sp³-hybridized carbons (Fsp3) is 0.250. The molecule has 0 saturated heterocycles. The van der Waals surface area contributed by atoms with Crippen molar-refractivity contribution in [2.24, 2.45) is 0 Å². The molecule has 1 aromatic carbocycles. The highest BCUT2D eigenvalue weighted by Crippen LogP contribution is 2.33. The van der Waals surface area contributed by atoms with Gasteiger partial charge in [0.25, 0.3) is 0 Å². The van der Waals surface area contributed by atoms with Gasteiger partial charge in [-0.2, -0.15) is 0 Å². The summed E-state index contributed by atoms with van der Waals surface area (Å²) >= 11 is 5.88. The van der Waals surface area contributed by atoms with E-state index in [-0.39, 0.29) is 5.63 Å². The minimum absolute atomic E-state index is 0.242. The second kappa shape index (κ2) is 3.25. The largest absolute Gasteiger partial charge is 0.422 e. The fourth-order valence-corrected chi connectivity index (χ4v) is 2.41. The SMILES string of the molecule is CN1CCc2c1c1ccc(Cl)cc1oc2=O. The Balaban J connectivity index is 2.47. The molecule has 1 aliphatic heterocycles. The molecule has 0 bridgehead atoms. The molecule has 0 saturated carbocycles. The minimum atomic E-state index is -0.242. The van der Waals surface area contributed by atoms with Crippen molar-refractivity contribution >= 4 is 28.3 Å². The van der Waals surface area contributed by atoms with Crippen LogP contribution in [0.25, 0.3) is 11.0 Å². The number of nitrogens with zero attached hydrogens (tertiary/aromatic N) is 1. The maximum atomic E-state index is 11.7. The van der Waals surface area contributed by atoms with Gasteiger partial charge in [-0.05, 0) is 18.6 Å². The first-order chi connectivity index (χ1) is 7.66. The molecule has 2 aromatic rings. The van der Waals surface area contributed by atoms with Crippen LogP contribution in [0.2, 0.25) is 5.02 Å². The van der Waals surface area contributed by atoms with Crippen LogP contribution in [0.3, 0.4) is 0 Å². The number of halogens is 1. The van der Waals surface area contributed by atoms with Crippen LogP contribution in [0.15, 0.2) is 27.4 Å². The molecule has 16 heavy (non-hydrogen) atoms. The highest BCUT2D eigenvalue weighted by molar-refractivity contribution is 6.31. The lowest BCUT2D eigenvalue weighted by atomic mass is 10.1. The molecule has 82 valence electrons. The zero-order valence-corrected chi connectivity index (χ0v) is 9.54. The Morgan fingerprint density at radius 3 is 3.06 bits per heavy atom. The number of anilines is 1. The number of fused-ring (bicyclic) bond motifs is 3. The molecule has 0 radical (unpaired) electrons. The first kappa shape index (κ1) is 9.73. The average Bonchev–Trinajstić information content (AvgIpc) is 2.61. The Kier molecular flexibility index (Phi) is 1.98. The Hall–Kier alpha value is -1.48. The smallest absolute Gasteiger partial charge is 0.341 e. The van der Waals surface area contributed by atoms with Crippen LogP contribution in [0.4, 0.5) is 5.69 Å². The molecule has 0 spiro atoms. The van der Waals surface area contributed by atoms with Crippen molar-refractivity contribution in [3.8, 4) is 0 Å². The quantitative estimate of drug-likeness (QED) is 0.658. The Labute approximate surface area is 97.2 Å². The molecule has 2 heterocycles. The van der Waals surface area contributed by atoms with Gasteiger partial charge in [-0.15, -0.1) is 0 Å². The molecular formula is C12H10ClNO2. The molecule has 3 rings (SSSR count). The second-order valence-electron chi connectivity index (χ2n) is 4.03. The maximum absolute atomic E-state index is 11.7. The molecule has 4 heteroatoms. The van der Waals surface area contributed by atoms with Crippen molar-refractivity contribution in [1.82, 2.24) is 0 Å². The number of benzene rings is 1. The van der Waals surface area contributed by atoms with Gasteiger partial charge in [0.05, 0.1) is 11.3 Å². The van der Waals surface area contributed by atoms with E-state index in [1.807, 2.05) is 19.2 Å². The van der Waals surface area contributed by atoms with Gasteiger partial charge in [0.2, 0.25) is 0 Å². The predicted octanol–water partition coefficient (Wildman–Crippen LogP) is 2.44. The van der Waals surface area contributed by atoms with E-state index in [4.69, 9.17) is 16.0 Å². The van der Waals surface area contributed by atoms with E-state index in [9.17, 15) is 4.79 Å². The third kappa shape index (κ3) is 1.25.